The minimum absolute atomic E-state index is 0.158. The highest BCUT2D eigenvalue weighted by Gasteiger charge is 2.29. The van der Waals surface area contributed by atoms with Crippen molar-refractivity contribution in [3.63, 3.8) is 0 Å². The summed E-state index contributed by atoms with van der Waals surface area (Å²) in [5.74, 6) is 0.573. The van der Waals surface area contributed by atoms with Gasteiger partial charge in [-0.3, -0.25) is 13.6 Å². The van der Waals surface area contributed by atoms with Gasteiger partial charge in [-0.25, -0.2) is 14.6 Å². The van der Waals surface area contributed by atoms with Gasteiger partial charge in [0.25, 0.3) is 0 Å². The van der Waals surface area contributed by atoms with Crippen LogP contribution in [-0.4, -0.2) is 75.4 Å². The average molecular weight is 520 g/mol. The lowest BCUT2D eigenvalue weighted by Crippen LogP contribution is -2.19. The molecule has 196 valence electrons. The van der Waals surface area contributed by atoms with Crippen LogP contribution in [0.25, 0.3) is 5.65 Å². The number of ether oxygens (including phenoxy) is 5. The molecule has 2 aromatic heterocycles. The summed E-state index contributed by atoms with van der Waals surface area (Å²) < 4.78 is 49.3. The van der Waals surface area contributed by atoms with Crippen LogP contribution >= 0.6 is 7.60 Å². The molecule has 2 N–H and O–H groups in total. The Balaban J connectivity index is 1.95. The maximum absolute atomic E-state index is 13.1. The molecule has 0 aliphatic carbocycles. The molecule has 2 aromatic rings. The molecule has 1 atom stereocenters. The van der Waals surface area contributed by atoms with Crippen LogP contribution in [0.15, 0.2) is 6.33 Å². The minimum Gasteiger partial charge on any atom is -0.432 e. The van der Waals surface area contributed by atoms with E-state index in [1.54, 1.807) is 34.6 Å². The molecule has 0 aliphatic rings. The first-order valence-corrected chi connectivity index (χ1v) is 12.2. The van der Waals surface area contributed by atoms with Crippen molar-refractivity contribution in [3.8, 4) is 0 Å². The molecule has 0 saturated heterocycles. The molecule has 1 unspecified atom stereocenters. The van der Waals surface area contributed by atoms with Crippen LogP contribution in [-0.2, 0) is 43.7 Å². The van der Waals surface area contributed by atoms with E-state index in [-0.39, 0.29) is 17.9 Å². The molecular formula is C18H29N6O10P. The van der Waals surface area contributed by atoms with E-state index in [1.807, 2.05) is 0 Å². The smallest absolute Gasteiger partial charge is 0.432 e. The third kappa shape index (κ3) is 9.60. The lowest BCUT2D eigenvalue weighted by molar-refractivity contribution is -0.0365. The van der Waals surface area contributed by atoms with Crippen molar-refractivity contribution in [1.29, 1.82) is 0 Å². The second kappa shape index (κ2) is 13.1. The Labute approximate surface area is 200 Å². The number of carbonyl (C=O) groups excluding carboxylic acids is 2. The van der Waals surface area contributed by atoms with E-state index in [9.17, 15) is 14.2 Å². The maximum Gasteiger partial charge on any atom is 0.510 e. The van der Waals surface area contributed by atoms with Gasteiger partial charge in [0.15, 0.2) is 11.6 Å². The van der Waals surface area contributed by atoms with Crippen molar-refractivity contribution in [2.24, 2.45) is 0 Å². The van der Waals surface area contributed by atoms with Gasteiger partial charge >= 0.3 is 19.9 Å². The molecule has 17 heteroatoms. The molecule has 0 aromatic carbocycles. The fourth-order valence-corrected chi connectivity index (χ4v) is 3.41. The predicted octanol–water partition coefficient (Wildman–Crippen LogP) is 2.27. The Morgan fingerprint density at radius 1 is 1.00 bits per heavy atom. The van der Waals surface area contributed by atoms with Crippen LogP contribution < -0.4 is 5.73 Å². The zero-order chi connectivity index (χ0) is 26.0. The molecule has 0 fully saturated rings. The summed E-state index contributed by atoms with van der Waals surface area (Å²) in [6.45, 7) is 6.64. The van der Waals surface area contributed by atoms with Gasteiger partial charge in [0.05, 0.1) is 18.3 Å². The quantitative estimate of drug-likeness (QED) is 0.229. The fourth-order valence-electron chi connectivity index (χ4n) is 2.33. The Morgan fingerprint density at radius 2 is 1.57 bits per heavy atom. The first kappa shape index (κ1) is 28.2. The van der Waals surface area contributed by atoms with Crippen LogP contribution in [0.4, 0.5) is 15.4 Å². The second-order valence-electron chi connectivity index (χ2n) is 7.53. The number of hydrogen-bond donors (Lipinski definition) is 1. The van der Waals surface area contributed by atoms with Gasteiger partial charge in [-0.05, 0) is 34.6 Å². The maximum atomic E-state index is 13.1. The number of aromatic nitrogens is 5. The Hall–Kier alpha value is -3.07. The molecule has 2 heterocycles. The number of nitrogen functional groups attached to an aromatic ring is 1. The van der Waals surface area contributed by atoms with Gasteiger partial charge in [0.2, 0.25) is 19.2 Å². The summed E-state index contributed by atoms with van der Waals surface area (Å²) in [5.41, 5.74) is 6.02. The number of nitrogens with two attached hydrogens (primary N) is 1. The Kier molecular flexibility index (Phi) is 10.6. The monoisotopic (exact) mass is 520 g/mol. The lowest BCUT2D eigenvalue weighted by atomic mass is 10.3. The third-order valence-corrected chi connectivity index (χ3v) is 5.26. The van der Waals surface area contributed by atoms with E-state index in [0.717, 1.165) is 0 Å². The third-order valence-electron chi connectivity index (χ3n) is 3.80. The second-order valence-corrected chi connectivity index (χ2v) is 9.53. The average Bonchev–Trinajstić information content (AvgIpc) is 3.15. The molecule has 16 nitrogen and oxygen atoms in total. The summed E-state index contributed by atoms with van der Waals surface area (Å²) in [6.07, 6.45) is -2.61. The number of anilines is 1. The summed E-state index contributed by atoms with van der Waals surface area (Å²) in [6, 6.07) is 0. The van der Waals surface area contributed by atoms with E-state index >= 15 is 0 Å². The highest BCUT2D eigenvalue weighted by atomic mass is 31.2. The van der Waals surface area contributed by atoms with Gasteiger partial charge in [0.1, 0.15) is 12.7 Å². The Morgan fingerprint density at radius 3 is 2.11 bits per heavy atom. The van der Waals surface area contributed by atoms with Crippen molar-refractivity contribution >= 4 is 31.4 Å². The molecule has 0 saturated carbocycles. The molecular weight excluding hydrogens is 491 g/mol. The fraction of sp³-hybridized carbons (Fsp3) is 0.667. The summed E-state index contributed by atoms with van der Waals surface area (Å²) >= 11 is 0. The summed E-state index contributed by atoms with van der Waals surface area (Å²) in [7, 11) is -4.08. The zero-order valence-corrected chi connectivity index (χ0v) is 20.9. The van der Waals surface area contributed by atoms with E-state index < -0.39 is 58.2 Å². The van der Waals surface area contributed by atoms with Crippen LogP contribution in [0.2, 0.25) is 0 Å². The van der Waals surface area contributed by atoms with Crippen LogP contribution in [0.1, 0.15) is 40.4 Å². The predicted molar refractivity (Wildman–Crippen MR) is 117 cm³/mol. The normalized spacial score (nSPS) is 12.7. The van der Waals surface area contributed by atoms with E-state index in [2.05, 4.69) is 20.3 Å². The van der Waals surface area contributed by atoms with E-state index in [4.69, 9.17) is 38.5 Å². The van der Waals surface area contributed by atoms with E-state index in [1.165, 1.54) is 10.8 Å². The zero-order valence-electron chi connectivity index (χ0n) is 20.0. The van der Waals surface area contributed by atoms with Crippen LogP contribution in [0, 0.1) is 0 Å². The van der Waals surface area contributed by atoms with Crippen molar-refractivity contribution in [2.75, 3.05) is 25.7 Å². The number of carbonyl (C=O) groups is 2. The number of fused-ring (bicyclic) bond motifs is 1. The van der Waals surface area contributed by atoms with Crippen molar-refractivity contribution < 1.29 is 46.9 Å². The molecule has 0 aliphatic heterocycles. The molecule has 0 amide bonds. The molecule has 0 radical (unpaired) electrons. The first-order chi connectivity index (χ1) is 16.5. The van der Waals surface area contributed by atoms with E-state index in [0.29, 0.717) is 5.82 Å². The molecule has 2 rings (SSSR count). The molecule has 0 spiro atoms. The Bertz CT molecular complexity index is 1000. The van der Waals surface area contributed by atoms with Crippen molar-refractivity contribution in [1.82, 2.24) is 24.8 Å². The van der Waals surface area contributed by atoms with Gasteiger partial charge < -0.3 is 29.4 Å². The molecule has 35 heavy (non-hydrogen) atoms. The highest BCUT2D eigenvalue weighted by molar-refractivity contribution is 7.53. The van der Waals surface area contributed by atoms with Gasteiger partial charge in [-0.1, -0.05) is 0 Å². The number of hydrogen-bond acceptors (Lipinski definition) is 15. The SMILES string of the molecule is CC(C)OC(=O)OCOP(=O)(COC(C)Cc1nnc2c(N)ncnn12)OCOC(=O)OC(C)C. The van der Waals surface area contributed by atoms with Crippen LogP contribution in [0.5, 0.6) is 0 Å². The van der Waals surface area contributed by atoms with Gasteiger partial charge in [-0.15, -0.1) is 10.2 Å². The largest absolute Gasteiger partial charge is 0.510 e. The number of nitrogens with zero attached hydrogens (tertiary/aromatic N) is 5. The minimum atomic E-state index is -4.08. The summed E-state index contributed by atoms with van der Waals surface area (Å²) in [5, 5.41) is 12.0. The van der Waals surface area contributed by atoms with Crippen molar-refractivity contribution in [2.45, 2.75) is 59.4 Å². The highest BCUT2D eigenvalue weighted by Crippen LogP contribution is 2.48. The lowest BCUT2D eigenvalue weighted by Gasteiger charge is -2.20. The topological polar surface area (TPSA) is 198 Å². The summed E-state index contributed by atoms with van der Waals surface area (Å²) in [4.78, 5) is 26.9. The van der Waals surface area contributed by atoms with Gasteiger partial charge in [-0.2, -0.15) is 9.61 Å². The van der Waals surface area contributed by atoms with Crippen LogP contribution in [0.3, 0.4) is 0 Å². The standard InChI is InChI=1S/C18H29N6O10P/c1-11(2)33-17(25)28-8-31-35(27,32-9-29-18(26)34-12(3)4)10-30-13(5)6-14-22-23-16-15(19)20-7-21-24(14)16/h7,11-13H,6,8-10H2,1-5H3,(H2,19,20,21). The molecule has 0 bridgehead atoms. The van der Waals surface area contributed by atoms with Crippen molar-refractivity contribution in [3.05, 3.63) is 12.2 Å². The number of rotatable bonds is 13. The van der Waals surface area contributed by atoms with Gasteiger partial charge in [0, 0.05) is 6.42 Å². The first-order valence-electron chi connectivity index (χ1n) is 10.5.